The summed E-state index contributed by atoms with van der Waals surface area (Å²) in [5, 5.41) is 20.7. The fourth-order valence-electron chi connectivity index (χ4n) is 2.67. The molecule has 0 spiro atoms. The van der Waals surface area contributed by atoms with E-state index < -0.39 is 27.5 Å². The minimum atomic E-state index is -0.738. The number of hydrogen-bond donors (Lipinski definition) is 1. The lowest BCUT2D eigenvalue weighted by molar-refractivity contribution is -0.385. The number of imide groups is 1. The van der Waals surface area contributed by atoms with Gasteiger partial charge in [-0.1, -0.05) is 28.1 Å². The molecule has 3 rings (SSSR count). The second-order valence-electron chi connectivity index (χ2n) is 5.95. The van der Waals surface area contributed by atoms with Crippen LogP contribution in [0, 0.1) is 10.1 Å². The minimum Gasteiger partial charge on any atom is -0.502 e. The largest absolute Gasteiger partial charge is 0.502 e. The third kappa shape index (κ3) is 4.57. The molecule has 2 aromatic carbocycles. The molecule has 2 aromatic rings. The summed E-state index contributed by atoms with van der Waals surface area (Å²) >= 11 is 3.81. The van der Waals surface area contributed by atoms with Crippen LogP contribution >= 0.6 is 27.7 Å². The van der Waals surface area contributed by atoms with Gasteiger partial charge in [-0.3, -0.25) is 24.6 Å². The predicted molar refractivity (Wildman–Crippen MR) is 114 cm³/mol. The molecule has 0 bridgehead atoms. The van der Waals surface area contributed by atoms with Crippen molar-refractivity contribution in [2.45, 2.75) is 0 Å². The summed E-state index contributed by atoms with van der Waals surface area (Å²) in [6.45, 7) is 0.0595. The molecular weight excluding hydrogens is 480 g/mol. The average molecular weight is 495 g/mol. The van der Waals surface area contributed by atoms with Gasteiger partial charge in [-0.25, -0.2) is 0 Å². The number of phenols is 1. The Labute approximate surface area is 183 Å². The fourth-order valence-corrected chi connectivity index (χ4v) is 3.99. The molecule has 0 aromatic heterocycles. The number of para-hydroxylation sites is 2. The van der Waals surface area contributed by atoms with Gasteiger partial charge in [-0.05, 0) is 36.0 Å². The van der Waals surface area contributed by atoms with E-state index in [1.165, 1.54) is 19.3 Å². The smallest absolute Gasteiger partial charge is 0.312 e. The van der Waals surface area contributed by atoms with Gasteiger partial charge in [0.1, 0.15) is 6.61 Å². The van der Waals surface area contributed by atoms with Gasteiger partial charge in [0.15, 0.2) is 11.5 Å². The van der Waals surface area contributed by atoms with Crippen LogP contribution in [0.25, 0.3) is 6.08 Å². The van der Waals surface area contributed by atoms with E-state index in [1.807, 2.05) is 0 Å². The Morgan fingerprint density at radius 2 is 1.97 bits per heavy atom. The Balaban J connectivity index is 1.74. The molecule has 0 saturated carbocycles. The lowest BCUT2D eigenvalue weighted by atomic mass is 10.1. The Kier molecular flexibility index (Phi) is 6.63. The van der Waals surface area contributed by atoms with E-state index in [9.17, 15) is 24.8 Å². The summed E-state index contributed by atoms with van der Waals surface area (Å²) in [4.78, 5) is 36.2. The molecule has 11 heteroatoms. The van der Waals surface area contributed by atoms with Crippen molar-refractivity contribution >= 4 is 50.6 Å². The van der Waals surface area contributed by atoms with Gasteiger partial charge >= 0.3 is 5.69 Å². The maximum Gasteiger partial charge on any atom is 0.312 e. The lowest BCUT2D eigenvalue weighted by Gasteiger charge is -2.14. The number of nitrogens with zero attached hydrogens (tertiary/aromatic N) is 2. The van der Waals surface area contributed by atoms with Gasteiger partial charge < -0.3 is 14.6 Å². The van der Waals surface area contributed by atoms with Gasteiger partial charge in [0.05, 0.1) is 23.5 Å². The third-order valence-corrected chi connectivity index (χ3v) is 5.45. The first-order valence-corrected chi connectivity index (χ1v) is 10.1. The number of benzene rings is 2. The quantitative estimate of drug-likeness (QED) is 0.345. The highest BCUT2D eigenvalue weighted by atomic mass is 79.9. The zero-order chi connectivity index (χ0) is 21.8. The molecule has 1 fully saturated rings. The number of halogens is 1. The molecule has 9 nitrogen and oxygen atoms in total. The Hall–Kier alpha value is -3.05. The number of carbonyl (C=O) groups excluding carboxylic acids is 2. The van der Waals surface area contributed by atoms with Crippen LogP contribution < -0.4 is 9.47 Å². The average Bonchev–Trinajstić information content (AvgIpc) is 2.97. The molecule has 0 radical (unpaired) electrons. The molecule has 1 aliphatic rings. The highest BCUT2D eigenvalue weighted by Crippen LogP contribution is 2.38. The summed E-state index contributed by atoms with van der Waals surface area (Å²) in [6, 6.07) is 9.55. The number of nitro benzene ring substituents is 1. The number of nitro groups is 1. The lowest BCUT2D eigenvalue weighted by Crippen LogP contribution is -2.32. The van der Waals surface area contributed by atoms with Gasteiger partial charge in [0, 0.05) is 16.1 Å². The van der Waals surface area contributed by atoms with Crippen molar-refractivity contribution in [2.75, 3.05) is 20.3 Å². The highest BCUT2D eigenvalue weighted by molar-refractivity contribution is 9.10. The molecule has 2 amide bonds. The first kappa shape index (κ1) is 21.7. The molecule has 1 heterocycles. The monoisotopic (exact) mass is 494 g/mol. The highest BCUT2D eigenvalue weighted by Gasteiger charge is 2.35. The molecule has 30 heavy (non-hydrogen) atoms. The van der Waals surface area contributed by atoms with Crippen LogP contribution in [0.2, 0.25) is 0 Å². The summed E-state index contributed by atoms with van der Waals surface area (Å²) in [7, 11) is 1.51. The van der Waals surface area contributed by atoms with Crippen molar-refractivity contribution in [3.63, 3.8) is 0 Å². The predicted octanol–water partition coefficient (Wildman–Crippen LogP) is 4.19. The number of hydrogen-bond acceptors (Lipinski definition) is 8. The van der Waals surface area contributed by atoms with Crippen molar-refractivity contribution in [3.05, 3.63) is 61.5 Å². The summed E-state index contributed by atoms with van der Waals surface area (Å²) in [6.07, 6.45) is 1.25. The van der Waals surface area contributed by atoms with Crippen molar-refractivity contribution < 1.29 is 29.1 Å². The van der Waals surface area contributed by atoms with Crippen molar-refractivity contribution in [1.82, 2.24) is 4.90 Å². The molecule has 1 saturated heterocycles. The van der Waals surface area contributed by atoms with E-state index in [0.29, 0.717) is 27.7 Å². The number of methoxy groups -OCH3 is 1. The number of thioether (sulfide) groups is 1. The third-order valence-electron chi connectivity index (χ3n) is 4.08. The van der Waals surface area contributed by atoms with Crippen LogP contribution in [0.5, 0.6) is 17.2 Å². The second kappa shape index (κ2) is 9.18. The van der Waals surface area contributed by atoms with Gasteiger partial charge in [-0.15, -0.1) is 0 Å². The summed E-state index contributed by atoms with van der Waals surface area (Å²) < 4.78 is 11.1. The fraction of sp³-hybridized carbons (Fsp3) is 0.158. The topological polar surface area (TPSA) is 119 Å². The van der Waals surface area contributed by atoms with Crippen LogP contribution in [-0.4, -0.2) is 46.3 Å². The number of amides is 2. The van der Waals surface area contributed by atoms with Crippen LogP contribution in [0.1, 0.15) is 5.56 Å². The van der Waals surface area contributed by atoms with Crippen molar-refractivity contribution in [2.24, 2.45) is 0 Å². The maximum absolute atomic E-state index is 12.6. The first-order valence-electron chi connectivity index (χ1n) is 8.50. The van der Waals surface area contributed by atoms with Gasteiger partial charge in [0.2, 0.25) is 5.75 Å². The number of ether oxygens (including phenoxy) is 2. The van der Waals surface area contributed by atoms with Gasteiger partial charge in [-0.2, -0.15) is 0 Å². The minimum absolute atomic E-state index is 0.00463. The SMILES string of the molecule is COc1ccccc1OCCN1C(=O)S/C(=C\c2cc(Br)cc([N+](=O)[O-])c2O)C1=O. The molecule has 0 aliphatic carbocycles. The van der Waals surface area contributed by atoms with E-state index in [-0.39, 0.29) is 23.6 Å². The second-order valence-corrected chi connectivity index (χ2v) is 7.86. The molecule has 0 atom stereocenters. The number of carbonyl (C=O) groups is 2. The van der Waals surface area contributed by atoms with Crippen LogP contribution in [0.15, 0.2) is 45.8 Å². The molecule has 156 valence electrons. The number of rotatable bonds is 7. The first-order chi connectivity index (χ1) is 14.3. The number of phenolic OH excluding ortho intramolecular Hbond substituents is 1. The standard InChI is InChI=1S/C19H15BrN2O7S/c1-28-14-4-2-3-5-15(14)29-7-6-21-18(24)16(30-19(21)25)9-11-8-12(20)10-13(17(11)23)22(26)27/h2-5,8-10,23H,6-7H2,1H3/b16-9-. The van der Waals surface area contributed by atoms with E-state index in [4.69, 9.17) is 9.47 Å². The molecular formula is C19H15BrN2O7S. The summed E-state index contributed by atoms with van der Waals surface area (Å²) in [5.74, 6) is -0.155. The Morgan fingerprint density at radius 3 is 2.63 bits per heavy atom. The van der Waals surface area contributed by atoms with E-state index in [0.717, 1.165) is 11.0 Å². The normalized spacial score (nSPS) is 15.0. The Morgan fingerprint density at radius 1 is 1.27 bits per heavy atom. The van der Waals surface area contributed by atoms with E-state index >= 15 is 0 Å². The summed E-state index contributed by atoms with van der Waals surface area (Å²) in [5.41, 5.74) is -0.466. The number of aromatic hydroxyl groups is 1. The zero-order valence-corrected chi connectivity index (χ0v) is 17.9. The Bertz CT molecular complexity index is 1060. The maximum atomic E-state index is 12.6. The molecule has 1 aliphatic heterocycles. The van der Waals surface area contributed by atoms with Crippen molar-refractivity contribution in [3.8, 4) is 17.2 Å². The van der Waals surface area contributed by atoms with Crippen LogP contribution in [-0.2, 0) is 4.79 Å². The van der Waals surface area contributed by atoms with Gasteiger partial charge in [0.25, 0.3) is 11.1 Å². The van der Waals surface area contributed by atoms with Crippen molar-refractivity contribution in [1.29, 1.82) is 0 Å². The van der Waals surface area contributed by atoms with Crippen LogP contribution in [0.4, 0.5) is 10.5 Å². The van der Waals surface area contributed by atoms with Crippen LogP contribution in [0.3, 0.4) is 0 Å². The molecule has 0 unspecified atom stereocenters. The van der Waals surface area contributed by atoms with E-state index in [1.54, 1.807) is 24.3 Å². The zero-order valence-electron chi connectivity index (χ0n) is 15.5. The molecule has 1 N–H and O–H groups in total. The van der Waals surface area contributed by atoms with E-state index in [2.05, 4.69) is 15.9 Å².